The summed E-state index contributed by atoms with van der Waals surface area (Å²) in [7, 11) is 0. The molecule has 8 aromatic rings. The molecule has 4 aromatic carbocycles. The Morgan fingerprint density at radius 3 is 2.46 bits per heavy atom. The van der Waals surface area contributed by atoms with Gasteiger partial charge in [-0.15, -0.1) is 0 Å². The second-order valence-electron chi connectivity index (χ2n) is 9.44. The largest absolute Gasteiger partial charge is 0.436 e. The summed E-state index contributed by atoms with van der Waals surface area (Å²) in [4.78, 5) is 9.34. The SMILES string of the molecule is c1ccc(-c2cccc(-n3c4cc(-c5nc6ccccc6o5)ccc4c4cccc(-n5cccn5)c43)c2)nc1. The van der Waals surface area contributed by atoms with Gasteiger partial charge in [0.25, 0.3) is 0 Å². The van der Waals surface area contributed by atoms with Gasteiger partial charge in [-0.3, -0.25) is 4.98 Å². The summed E-state index contributed by atoms with van der Waals surface area (Å²) in [5, 5.41) is 6.85. The lowest BCUT2D eigenvalue weighted by molar-refractivity contribution is 0.620. The van der Waals surface area contributed by atoms with Gasteiger partial charge >= 0.3 is 0 Å². The number of pyridine rings is 1. The first-order valence-corrected chi connectivity index (χ1v) is 12.8. The lowest BCUT2D eigenvalue weighted by Crippen LogP contribution is -2.01. The smallest absolute Gasteiger partial charge is 0.227 e. The van der Waals surface area contributed by atoms with Crippen LogP contribution in [0.25, 0.3) is 67.0 Å². The van der Waals surface area contributed by atoms with Crippen molar-refractivity contribution >= 4 is 32.9 Å². The molecule has 4 aromatic heterocycles. The molecule has 39 heavy (non-hydrogen) atoms. The van der Waals surface area contributed by atoms with Crippen molar-refractivity contribution in [3.63, 3.8) is 0 Å². The number of oxazole rings is 1. The van der Waals surface area contributed by atoms with Crippen molar-refractivity contribution < 1.29 is 4.42 Å². The molecule has 0 unspecified atom stereocenters. The van der Waals surface area contributed by atoms with Crippen molar-refractivity contribution in [3.05, 3.63) is 128 Å². The highest BCUT2D eigenvalue weighted by molar-refractivity contribution is 6.12. The summed E-state index contributed by atoms with van der Waals surface area (Å²) in [5.74, 6) is 0.601. The number of benzene rings is 4. The van der Waals surface area contributed by atoms with Crippen LogP contribution in [0.5, 0.6) is 0 Å². The maximum atomic E-state index is 6.14. The highest BCUT2D eigenvalue weighted by Crippen LogP contribution is 2.38. The number of hydrogen-bond donors (Lipinski definition) is 0. The van der Waals surface area contributed by atoms with Crippen molar-refractivity contribution in [1.82, 2.24) is 24.3 Å². The average Bonchev–Trinajstić information content (AvgIpc) is 3.75. The molecule has 184 valence electrons. The van der Waals surface area contributed by atoms with Gasteiger partial charge in [-0.05, 0) is 60.7 Å². The molecule has 0 atom stereocenters. The van der Waals surface area contributed by atoms with E-state index in [1.165, 1.54) is 0 Å². The molecule has 0 saturated heterocycles. The number of aromatic nitrogens is 5. The van der Waals surface area contributed by atoms with Crippen LogP contribution in [0.3, 0.4) is 0 Å². The van der Waals surface area contributed by atoms with Crippen LogP contribution in [-0.2, 0) is 0 Å². The molecule has 0 aliphatic heterocycles. The summed E-state index contributed by atoms with van der Waals surface area (Å²) < 4.78 is 10.4. The first kappa shape index (κ1) is 21.6. The van der Waals surface area contributed by atoms with Gasteiger partial charge in [0.1, 0.15) is 5.52 Å². The second-order valence-corrected chi connectivity index (χ2v) is 9.44. The molecule has 0 aliphatic rings. The molecule has 0 amide bonds. The summed E-state index contributed by atoms with van der Waals surface area (Å²) >= 11 is 0. The van der Waals surface area contributed by atoms with E-state index in [0.717, 1.165) is 61.1 Å². The van der Waals surface area contributed by atoms with Gasteiger partial charge in [-0.25, -0.2) is 9.67 Å². The fourth-order valence-electron chi connectivity index (χ4n) is 5.38. The minimum atomic E-state index is 0.601. The predicted molar refractivity (Wildman–Crippen MR) is 154 cm³/mol. The van der Waals surface area contributed by atoms with E-state index in [9.17, 15) is 0 Å². The van der Waals surface area contributed by atoms with Gasteiger partial charge in [-0.2, -0.15) is 5.10 Å². The van der Waals surface area contributed by atoms with E-state index in [2.05, 4.69) is 75.3 Å². The number of hydrogen-bond acceptors (Lipinski definition) is 4. The third-order valence-corrected chi connectivity index (χ3v) is 7.12. The highest BCUT2D eigenvalue weighted by Gasteiger charge is 2.19. The molecule has 6 heteroatoms. The fraction of sp³-hybridized carbons (Fsp3) is 0. The zero-order chi connectivity index (χ0) is 25.8. The lowest BCUT2D eigenvalue weighted by atomic mass is 10.1. The average molecular weight is 504 g/mol. The normalized spacial score (nSPS) is 11.6. The Labute approximate surface area is 223 Å². The van der Waals surface area contributed by atoms with E-state index >= 15 is 0 Å². The molecular formula is C33H21N5O. The molecule has 6 nitrogen and oxygen atoms in total. The Hall–Kier alpha value is -5.49. The molecule has 0 fully saturated rings. The Kier molecular flexibility index (Phi) is 4.72. The van der Waals surface area contributed by atoms with Crippen LogP contribution >= 0.6 is 0 Å². The van der Waals surface area contributed by atoms with Crippen molar-refractivity contribution in [3.8, 4) is 34.1 Å². The minimum Gasteiger partial charge on any atom is -0.436 e. The molecule has 8 rings (SSSR count). The predicted octanol–water partition coefficient (Wildman–Crippen LogP) is 7.84. The maximum Gasteiger partial charge on any atom is 0.227 e. The Balaban J connectivity index is 1.44. The number of rotatable bonds is 4. The van der Waals surface area contributed by atoms with E-state index in [4.69, 9.17) is 9.40 Å². The van der Waals surface area contributed by atoms with Crippen LogP contribution in [0.2, 0.25) is 0 Å². The number of nitrogens with zero attached hydrogens (tertiary/aromatic N) is 5. The summed E-state index contributed by atoms with van der Waals surface area (Å²) in [6, 6.07) is 37.0. The lowest BCUT2D eigenvalue weighted by Gasteiger charge is -2.13. The number of fused-ring (bicyclic) bond motifs is 4. The Morgan fingerprint density at radius 1 is 0.667 bits per heavy atom. The molecule has 0 bridgehead atoms. The van der Waals surface area contributed by atoms with Crippen LogP contribution in [0, 0.1) is 0 Å². The first-order valence-electron chi connectivity index (χ1n) is 12.8. The molecule has 0 N–H and O–H groups in total. The van der Waals surface area contributed by atoms with Gasteiger partial charge in [-0.1, -0.05) is 48.5 Å². The summed E-state index contributed by atoms with van der Waals surface area (Å²) in [5.41, 5.74) is 8.69. The Bertz CT molecular complexity index is 2090. The van der Waals surface area contributed by atoms with E-state index in [-0.39, 0.29) is 0 Å². The molecule has 0 radical (unpaired) electrons. The van der Waals surface area contributed by atoms with Crippen LogP contribution in [0.1, 0.15) is 0 Å². The van der Waals surface area contributed by atoms with E-state index in [0.29, 0.717) is 5.89 Å². The Morgan fingerprint density at radius 2 is 1.59 bits per heavy atom. The monoisotopic (exact) mass is 503 g/mol. The van der Waals surface area contributed by atoms with Gasteiger partial charge in [0.2, 0.25) is 5.89 Å². The molecule has 4 heterocycles. The highest BCUT2D eigenvalue weighted by atomic mass is 16.3. The molecule has 0 saturated carbocycles. The van der Waals surface area contributed by atoms with Gasteiger partial charge in [0, 0.05) is 46.2 Å². The maximum absolute atomic E-state index is 6.14. The first-order chi connectivity index (χ1) is 19.3. The van der Waals surface area contributed by atoms with Crippen LogP contribution < -0.4 is 0 Å². The van der Waals surface area contributed by atoms with Crippen LogP contribution in [-0.4, -0.2) is 24.3 Å². The van der Waals surface area contributed by atoms with Crippen molar-refractivity contribution in [1.29, 1.82) is 0 Å². The molecule has 0 spiro atoms. The third kappa shape index (κ3) is 3.46. The molecule has 0 aliphatic carbocycles. The minimum absolute atomic E-state index is 0.601. The zero-order valence-electron chi connectivity index (χ0n) is 20.8. The van der Waals surface area contributed by atoms with Crippen molar-refractivity contribution in [2.24, 2.45) is 0 Å². The van der Waals surface area contributed by atoms with Crippen LogP contribution in [0.15, 0.2) is 132 Å². The van der Waals surface area contributed by atoms with Gasteiger partial charge in [0.05, 0.1) is 22.4 Å². The van der Waals surface area contributed by atoms with Crippen molar-refractivity contribution in [2.75, 3.05) is 0 Å². The fourth-order valence-corrected chi connectivity index (χ4v) is 5.38. The van der Waals surface area contributed by atoms with Crippen LogP contribution in [0.4, 0.5) is 0 Å². The van der Waals surface area contributed by atoms with Gasteiger partial charge < -0.3 is 8.98 Å². The van der Waals surface area contributed by atoms with Gasteiger partial charge in [0.15, 0.2) is 5.58 Å². The standard InChI is InChI=1S/C33H21N5O/c1-2-14-31-28(12-1)36-33(39-31)23-15-16-25-26-10-6-13-29(37-19-7-18-35-37)32(26)38(30(25)21-23)24-9-5-8-22(20-24)27-11-3-4-17-34-27/h1-21H. The third-order valence-electron chi connectivity index (χ3n) is 7.12. The van der Waals surface area contributed by atoms with E-state index in [1.54, 1.807) is 6.20 Å². The summed E-state index contributed by atoms with van der Waals surface area (Å²) in [6.45, 7) is 0. The topological polar surface area (TPSA) is 61.7 Å². The van der Waals surface area contributed by atoms with Crippen molar-refractivity contribution in [2.45, 2.75) is 0 Å². The second kappa shape index (κ2) is 8.53. The quantitative estimate of drug-likeness (QED) is 0.245. The summed E-state index contributed by atoms with van der Waals surface area (Å²) in [6.07, 6.45) is 5.61. The van der Waals surface area contributed by atoms with E-state index < -0.39 is 0 Å². The molecular weight excluding hydrogens is 482 g/mol. The van der Waals surface area contributed by atoms with E-state index in [1.807, 2.05) is 65.6 Å². The zero-order valence-corrected chi connectivity index (χ0v) is 20.8. The number of para-hydroxylation sites is 3.